The zero-order chi connectivity index (χ0) is 12.3. The maximum atomic E-state index is 10.8. The van der Waals surface area contributed by atoms with Crippen molar-refractivity contribution >= 4 is 11.4 Å². The molecule has 5 heteroatoms. The summed E-state index contributed by atoms with van der Waals surface area (Å²) in [6.45, 7) is 2.31. The van der Waals surface area contributed by atoms with Gasteiger partial charge in [-0.2, -0.15) is 0 Å². The van der Waals surface area contributed by atoms with Gasteiger partial charge in [0.1, 0.15) is 0 Å². The SMILES string of the molecule is Cc1c(NCc2ccoc2)cccc1[N+](=O)[O-]. The van der Waals surface area contributed by atoms with E-state index in [1.54, 1.807) is 25.5 Å². The molecule has 0 aliphatic carbocycles. The molecule has 2 rings (SSSR count). The number of hydrogen-bond donors (Lipinski definition) is 1. The summed E-state index contributed by atoms with van der Waals surface area (Å²) < 4.78 is 4.95. The molecule has 88 valence electrons. The summed E-state index contributed by atoms with van der Waals surface area (Å²) in [5, 5.41) is 13.9. The van der Waals surface area contributed by atoms with Gasteiger partial charge in [0.25, 0.3) is 5.69 Å². The molecule has 1 heterocycles. The summed E-state index contributed by atoms with van der Waals surface area (Å²) in [5.74, 6) is 0. The second-order valence-corrected chi connectivity index (χ2v) is 3.69. The average Bonchev–Trinajstić information content (AvgIpc) is 2.80. The molecule has 0 aliphatic heterocycles. The second-order valence-electron chi connectivity index (χ2n) is 3.69. The molecule has 0 atom stereocenters. The van der Waals surface area contributed by atoms with Gasteiger partial charge in [0.15, 0.2) is 0 Å². The molecule has 0 bridgehead atoms. The minimum Gasteiger partial charge on any atom is -0.472 e. The fraction of sp³-hybridized carbons (Fsp3) is 0.167. The summed E-state index contributed by atoms with van der Waals surface area (Å²) in [7, 11) is 0. The Morgan fingerprint density at radius 1 is 1.41 bits per heavy atom. The monoisotopic (exact) mass is 232 g/mol. The summed E-state index contributed by atoms with van der Waals surface area (Å²) in [6.07, 6.45) is 3.23. The number of nitro benzene ring substituents is 1. The van der Waals surface area contributed by atoms with Crippen LogP contribution in [-0.4, -0.2) is 4.92 Å². The molecule has 0 aliphatic rings. The van der Waals surface area contributed by atoms with Crippen LogP contribution in [0.1, 0.15) is 11.1 Å². The van der Waals surface area contributed by atoms with E-state index in [0.29, 0.717) is 12.1 Å². The average molecular weight is 232 g/mol. The maximum Gasteiger partial charge on any atom is 0.274 e. The second kappa shape index (κ2) is 4.69. The van der Waals surface area contributed by atoms with Gasteiger partial charge >= 0.3 is 0 Å². The summed E-state index contributed by atoms with van der Waals surface area (Å²) in [6, 6.07) is 6.84. The van der Waals surface area contributed by atoms with Gasteiger partial charge in [-0.15, -0.1) is 0 Å². The summed E-state index contributed by atoms with van der Waals surface area (Å²) in [5.41, 5.74) is 2.53. The molecular weight excluding hydrogens is 220 g/mol. The van der Waals surface area contributed by atoms with Gasteiger partial charge < -0.3 is 9.73 Å². The van der Waals surface area contributed by atoms with E-state index >= 15 is 0 Å². The Kier molecular flexibility index (Phi) is 3.09. The van der Waals surface area contributed by atoms with Crippen LogP contribution < -0.4 is 5.32 Å². The molecule has 0 unspecified atom stereocenters. The molecule has 0 saturated carbocycles. The molecule has 2 aromatic rings. The topological polar surface area (TPSA) is 68.3 Å². The standard InChI is InChI=1S/C12H12N2O3/c1-9-11(3-2-4-12(9)14(15)16)13-7-10-5-6-17-8-10/h2-6,8,13H,7H2,1H3. The zero-order valence-electron chi connectivity index (χ0n) is 9.34. The third-order valence-corrected chi connectivity index (χ3v) is 2.56. The highest BCUT2D eigenvalue weighted by atomic mass is 16.6. The van der Waals surface area contributed by atoms with E-state index in [1.165, 1.54) is 6.07 Å². The third kappa shape index (κ3) is 2.44. The molecule has 5 nitrogen and oxygen atoms in total. The van der Waals surface area contributed by atoms with Crippen molar-refractivity contribution < 1.29 is 9.34 Å². The predicted molar refractivity (Wildman–Crippen MR) is 63.9 cm³/mol. The van der Waals surface area contributed by atoms with Gasteiger partial charge in [0, 0.05) is 29.4 Å². The van der Waals surface area contributed by atoms with Crippen LogP contribution in [0.4, 0.5) is 11.4 Å². The van der Waals surface area contributed by atoms with Crippen molar-refractivity contribution in [2.75, 3.05) is 5.32 Å². The highest BCUT2D eigenvalue weighted by molar-refractivity contribution is 5.59. The van der Waals surface area contributed by atoms with E-state index < -0.39 is 0 Å². The first-order valence-corrected chi connectivity index (χ1v) is 5.17. The van der Waals surface area contributed by atoms with E-state index in [1.807, 2.05) is 12.1 Å². The van der Waals surface area contributed by atoms with Crippen LogP contribution in [0.25, 0.3) is 0 Å². The number of nitrogens with one attached hydrogen (secondary N) is 1. The molecule has 0 amide bonds. The maximum absolute atomic E-state index is 10.8. The van der Waals surface area contributed by atoms with Crippen molar-refractivity contribution in [3.63, 3.8) is 0 Å². The molecule has 17 heavy (non-hydrogen) atoms. The van der Waals surface area contributed by atoms with Gasteiger partial charge in [-0.3, -0.25) is 10.1 Å². The molecule has 0 saturated heterocycles. The van der Waals surface area contributed by atoms with E-state index in [9.17, 15) is 10.1 Å². The van der Waals surface area contributed by atoms with Gasteiger partial charge in [-0.05, 0) is 19.1 Å². The van der Waals surface area contributed by atoms with E-state index in [4.69, 9.17) is 4.42 Å². The van der Waals surface area contributed by atoms with Gasteiger partial charge in [-0.25, -0.2) is 0 Å². The van der Waals surface area contributed by atoms with Crippen LogP contribution in [0, 0.1) is 17.0 Å². The lowest BCUT2D eigenvalue weighted by Crippen LogP contribution is -2.01. The van der Waals surface area contributed by atoms with Gasteiger partial charge in [0.05, 0.1) is 17.4 Å². The fourth-order valence-electron chi connectivity index (χ4n) is 1.60. The molecule has 0 fully saturated rings. The van der Waals surface area contributed by atoms with Crippen LogP contribution in [0.15, 0.2) is 41.2 Å². The number of nitrogens with zero attached hydrogens (tertiary/aromatic N) is 1. The lowest BCUT2D eigenvalue weighted by Gasteiger charge is -2.08. The largest absolute Gasteiger partial charge is 0.472 e. The summed E-state index contributed by atoms with van der Waals surface area (Å²) >= 11 is 0. The first kappa shape index (κ1) is 11.2. The van der Waals surface area contributed by atoms with Crippen molar-refractivity contribution in [3.8, 4) is 0 Å². The predicted octanol–water partition coefficient (Wildman–Crippen LogP) is 3.11. The highest BCUT2D eigenvalue weighted by Gasteiger charge is 2.12. The number of benzene rings is 1. The number of furan rings is 1. The number of nitro groups is 1. The van der Waals surface area contributed by atoms with Crippen LogP contribution in [-0.2, 0) is 6.54 Å². The molecule has 1 aromatic heterocycles. The zero-order valence-corrected chi connectivity index (χ0v) is 9.34. The van der Waals surface area contributed by atoms with Gasteiger partial charge in [-0.1, -0.05) is 6.07 Å². The van der Waals surface area contributed by atoms with Gasteiger partial charge in [0.2, 0.25) is 0 Å². The van der Waals surface area contributed by atoms with Crippen LogP contribution in [0.5, 0.6) is 0 Å². The van der Waals surface area contributed by atoms with Crippen molar-refractivity contribution in [2.45, 2.75) is 13.5 Å². The van der Waals surface area contributed by atoms with Crippen LogP contribution in [0.2, 0.25) is 0 Å². The van der Waals surface area contributed by atoms with Crippen LogP contribution >= 0.6 is 0 Å². The van der Waals surface area contributed by atoms with E-state index in [-0.39, 0.29) is 10.6 Å². The minimum absolute atomic E-state index is 0.127. The Hall–Kier alpha value is -2.30. The number of hydrogen-bond acceptors (Lipinski definition) is 4. The lowest BCUT2D eigenvalue weighted by molar-refractivity contribution is -0.385. The first-order chi connectivity index (χ1) is 8.18. The summed E-state index contributed by atoms with van der Waals surface area (Å²) in [4.78, 5) is 10.4. The molecule has 1 N–H and O–H groups in total. The van der Waals surface area contributed by atoms with Crippen molar-refractivity contribution in [1.82, 2.24) is 0 Å². The third-order valence-electron chi connectivity index (χ3n) is 2.56. The minimum atomic E-state index is -0.377. The molecule has 0 radical (unpaired) electrons. The fourth-order valence-corrected chi connectivity index (χ4v) is 1.60. The molecular formula is C12H12N2O3. The number of anilines is 1. The Labute approximate surface area is 98.2 Å². The van der Waals surface area contributed by atoms with Crippen molar-refractivity contribution in [3.05, 3.63) is 58.0 Å². The van der Waals surface area contributed by atoms with E-state index in [2.05, 4.69) is 5.32 Å². The van der Waals surface area contributed by atoms with Crippen LogP contribution in [0.3, 0.4) is 0 Å². The quantitative estimate of drug-likeness (QED) is 0.649. The Balaban J connectivity index is 2.16. The Bertz CT molecular complexity index is 521. The lowest BCUT2D eigenvalue weighted by atomic mass is 10.1. The van der Waals surface area contributed by atoms with E-state index in [0.717, 1.165) is 11.3 Å². The van der Waals surface area contributed by atoms with Crippen molar-refractivity contribution in [1.29, 1.82) is 0 Å². The Morgan fingerprint density at radius 2 is 2.24 bits per heavy atom. The Morgan fingerprint density at radius 3 is 2.88 bits per heavy atom. The normalized spacial score (nSPS) is 10.2. The molecule has 0 spiro atoms. The number of rotatable bonds is 4. The molecule has 1 aromatic carbocycles. The smallest absolute Gasteiger partial charge is 0.274 e. The van der Waals surface area contributed by atoms with Crippen molar-refractivity contribution in [2.24, 2.45) is 0 Å². The first-order valence-electron chi connectivity index (χ1n) is 5.17. The highest BCUT2D eigenvalue weighted by Crippen LogP contribution is 2.25.